The van der Waals surface area contributed by atoms with Crippen LogP contribution in [-0.4, -0.2) is 17.3 Å². The van der Waals surface area contributed by atoms with Crippen LogP contribution >= 0.6 is 15.9 Å². The van der Waals surface area contributed by atoms with Gasteiger partial charge in [-0.15, -0.1) is 0 Å². The number of benzene rings is 1. The fourth-order valence-corrected chi connectivity index (χ4v) is 2.37. The van der Waals surface area contributed by atoms with E-state index in [1.54, 1.807) is 0 Å². The summed E-state index contributed by atoms with van der Waals surface area (Å²) in [5.41, 5.74) is 1.77. The molecule has 1 atom stereocenters. The van der Waals surface area contributed by atoms with Crippen LogP contribution in [0.25, 0.3) is 0 Å². The molecule has 0 fully saturated rings. The number of alkyl halides is 1. The average Bonchev–Trinajstić information content (AvgIpc) is 2.25. The normalized spacial score (nSPS) is 12.6. The van der Waals surface area contributed by atoms with Gasteiger partial charge in [-0.05, 0) is 24.5 Å². The highest BCUT2D eigenvalue weighted by molar-refractivity contribution is 9.09. The van der Waals surface area contributed by atoms with Gasteiger partial charge in [-0.25, -0.2) is 0 Å². The van der Waals surface area contributed by atoms with Crippen LogP contribution in [0.3, 0.4) is 0 Å². The van der Waals surface area contributed by atoms with Crippen LogP contribution in [0.1, 0.15) is 29.8 Å². The summed E-state index contributed by atoms with van der Waals surface area (Å²) >= 11 is 3.42. The Kier molecular flexibility index (Phi) is 5.00. The SMILES string of the molecule is Cc1ccccc1C(=O)NC(CBr)C(C)C. The van der Waals surface area contributed by atoms with Gasteiger partial charge in [-0.2, -0.15) is 0 Å². The van der Waals surface area contributed by atoms with Crippen LogP contribution in [0.4, 0.5) is 0 Å². The summed E-state index contributed by atoms with van der Waals surface area (Å²) < 4.78 is 0. The first-order chi connectivity index (χ1) is 7.56. The lowest BCUT2D eigenvalue weighted by Gasteiger charge is -2.20. The van der Waals surface area contributed by atoms with Gasteiger partial charge < -0.3 is 5.32 Å². The number of amides is 1. The molecule has 0 aromatic heterocycles. The van der Waals surface area contributed by atoms with Crippen molar-refractivity contribution in [1.82, 2.24) is 5.32 Å². The van der Waals surface area contributed by atoms with Crippen LogP contribution in [-0.2, 0) is 0 Å². The average molecular weight is 284 g/mol. The molecule has 0 aliphatic heterocycles. The number of carbonyl (C=O) groups excluding carboxylic acids is 1. The van der Waals surface area contributed by atoms with Crippen molar-refractivity contribution >= 4 is 21.8 Å². The second kappa shape index (κ2) is 6.04. The third kappa shape index (κ3) is 3.34. The molecule has 3 heteroatoms. The van der Waals surface area contributed by atoms with E-state index in [4.69, 9.17) is 0 Å². The van der Waals surface area contributed by atoms with Crippen molar-refractivity contribution in [2.24, 2.45) is 5.92 Å². The smallest absolute Gasteiger partial charge is 0.251 e. The Balaban J connectivity index is 2.76. The molecule has 0 heterocycles. The molecule has 1 amide bonds. The van der Waals surface area contributed by atoms with Crippen LogP contribution in [0.2, 0.25) is 0 Å². The second-order valence-electron chi connectivity index (χ2n) is 4.29. The van der Waals surface area contributed by atoms with Gasteiger partial charge in [0.25, 0.3) is 5.91 Å². The number of rotatable bonds is 4. The minimum Gasteiger partial charge on any atom is -0.348 e. The molecule has 1 N–H and O–H groups in total. The van der Waals surface area contributed by atoms with Crippen molar-refractivity contribution in [3.63, 3.8) is 0 Å². The Morgan fingerprint density at radius 2 is 2.00 bits per heavy atom. The fourth-order valence-electron chi connectivity index (χ4n) is 1.46. The van der Waals surface area contributed by atoms with E-state index < -0.39 is 0 Å². The lowest BCUT2D eigenvalue weighted by Crippen LogP contribution is -2.39. The molecule has 0 spiro atoms. The summed E-state index contributed by atoms with van der Waals surface area (Å²) in [5.74, 6) is 0.434. The van der Waals surface area contributed by atoms with Gasteiger partial charge in [0, 0.05) is 16.9 Å². The Labute approximate surface area is 106 Å². The van der Waals surface area contributed by atoms with E-state index in [0.29, 0.717) is 5.92 Å². The highest BCUT2D eigenvalue weighted by Crippen LogP contribution is 2.10. The molecule has 1 unspecified atom stereocenters. The first-order valence-corrected chi connectivity index (χ1v) is 6.61. The maximum absolute atomic E-state index is 12.0. The van der Waals surface area contributed by atoms with Gasteiger partial charge in [0.05, 0.1) is 0 Å². The number of aryl methyl sites for hydroxylation is 1. The summed E-state index contributed by atoms with van der Waals surface area (Å²) in [6.07, 6.45) is 0. The van der Waals surface area contributed by atoms with Crippen LogP contribution in [0.15, 0.2) is 24.3 Å². The van der Waals surface area contributed by atoms with E-state index in [1.807, 2.05) is 31.2 Å². The molecule has 0 radical (unpaired) electrons. The minimum atomic E-state index is 0.0104. The third-order valence-electron chi connectivity index (χ3n) is 2.68. The monoisotopic (exact) mass is 283 g/mol. The molecule has 1 rings (SSSR count). The van der Waals surface area contributed by atoms with E-state index in [0.717, 1.165) is 16.5 Å². The predicted molar refractivity (Wildman–Crippen MR) is 71.1 cm³/mol. The zero-order valence-electron chi connectivity index (χ0n) is 9.96. The minimum absolute atomic E-state index is 0.0104. The topological polar surface area (TPSA) is 29.1 Å². The number of hydrogen-bond donors (Lipinski definition) is 1. The Bertz CT molecular complexity index is 363. The Hall–Kier alpha value is -0.830. The van der Waals surface area contributed by atoms with E-state index in [1.165, 1.54) is 0 Å². The molecule has 1 aromatic rings. The van der Waals surface area contributed by atoms with E-state index >= 15 is 0 Å². The summed E-state index contributed by atoms with van der Waals surface area (Å²) in [5, 5.41) is 3.82. The molecular weight excluding hydrogens is 266 g/mol. The van der Waals surface area contributed by atoms with Crippen molar-refractivity contribution in [1.29, 1.82) is 0 Å². The Morgan fingerprint density at radius 3 is 2.50 bits per heavy atom. The maximum Gasteiger partial charge on any atom is 0.251 e. The standard InChI is InChI=1S/C13H18BrNO/c1-9(2)12(8-14)15-13(16)11-7-5-4-6-10(11)3/h4-7,9,12H,8H2,1-3H3,(H,15,16). The van der Waals surface area contributed by atoms with Crippen molar-refractivity contribution in [2.75, 3.05) is 5.33 Å². The largest absolute Gasteiger partial charge is 0.348 e. The summed E-state index contributed by atoms with van der Waals surface area (Å²) in [4.78, 5) is 12.0. The molecule has 88 valence electrons. The Morgan fingerprint density at radius 1 is 1.38 bits per heavy atom. The molecule has 0 bridgehead atoms. The van der Waals surface area contributed by atoms with Crippen molar-refractivity contribution in [3.05, 3.63) is 35.4 Å². The quantitative estimate of drug-likeness (QED) is 0.845. The van der Waals surface area contributed by atoms with Crippen LogP contribution in [0.5, 0.6) is 0 Å². The highest BCUT2D eigenvalue weighted by Gasteiger charge is 2.16. The summed E-state index contributed by atoms with van der Waals surface area (Å²) in [7, 11) is 0. The lowest BCUT2D eigenvalue weighted by molar-refractivity contribution is 0.0931. The zero-order valence-corrected chi connectivity index (χ0v) is 11.5. The molecule has 16 heavy (non-hydrogen) atoms. The number of nitrogens with one attached hydrogen (secondary N) is 1. The van der Waals surface area contributed by atoms with Crippen LogP contribution < -0.4 is 5.32 Å². The third-order valence-corrected chi connectivity index (χ3v) is 3.37. The van der Waals surface area contributed by atoms with Crippen molar-refractivity contribution < 1.29 is 4.79 Å². The van der Waals surface area contributed by atoms with E-state index in [-0.39, 0.29) is 11.9 Å². The van der Waals surface area contributed by atoms with E-state index in [2.05, 4.69) is 35.1 Å². The number of halogens is 1. The second-order valence-corrected chi connectivity index (χ2v) is 4.94. The zero-order chi connectivity index (χ0) is 12.1. The number of carbonyl (C=O) groups is 1. The summed E-state index contributed by atoms with van der Waals surface area (Å²) in [6, 6.07) is 7.81. The first-order valence-electron chi connectivity index (χ1n) is 5.48. The molecular formula is C13H18BrNO. The predicted octanol–water partition coefficient (Wildman–Crippen LogP) is 3.14. The highest BCUT2D eigenvalue weighted by atomic mass is 79.9. The first kappa shape index (κ1) is 13.2. The summed E-state index contributed by atoms with van der Waals surface area (Å²) in [6.45, 7) is 6.15. The van der Waals surface area contributed by atoms with Gasteiger partial charge in [0.2, 0.25) is 0 Å². The molecule has 0 aliphatic rings. The molecule has 1 aromatic carbocycles. The van der Waals surface area contributed by atoms with Crippen molar-refractivity contribution in [3.8, 4) is 0 Å². The van der Waals surface area contributed by atoms with Gasteiger partial charge in [0.1, 0.15) is 0 Å². The molecule has 0 saturated carbocycles. The van der Waals surface area contributed by atoms with Gasteiger partial charge >= 0.3 is 0 Å². The van der Waals surface area contributed by atoms with Gasteiger partial charge in [0.15, 0.2) is 0 Å². The van der Waals surface area contributed by atoms with Gasteiger partial charge in [-0.1, -0.05) is 48.0 Å². The molecule has 0 aliphatic carbocycles. The lowest BCUT2D eigenvalue weighted by atomic mass is 10.0. The van der Waals surface area contributed by atoms with E-state index in [9.17, 15) is 4.79 Å². The maximum atomic E-state index is 12.0. The number of hydrogen-bond acceptors (Lipinski definition) is 1. The fraction of sp³-hybridized carbons (Fsp3) is 0.462. The molecule has 0 saturated heterocycles. The molecule has 2 nitrogen and oxygen atoms in total. The van der Waals surface area contributed by atoms with Crippen LogP contribution in [0, 0.1) is 12.8 Å². The van der Waals surface area contributed by atoms with Gasteiger partial charge in [-0.3, -0.25) is 4.79 Å². The van der Waals surface area contributed by atoms with Crippen molar-refractivity contribution in [2.45, 2.75) is 26.8 Å².